The van der Waals surface area contributed by atoms with Crippen LogP contribution in [-0.4, -0.2) is 33.4 Å². The molecule has 5 rings (SSSR count). The molecule has 0 aromatic heterocycles. The Morgan fingerprint density at radius 3 is 2.07 bits per heavy atom. The normalized spacial score (nSPS) is 14.0. The minimum absolute atomic E-state index is 0.0470. The number of ether oxygens (including phenoxy) is 2. The lowest BCUT2D eigenvalue weighted by Crippen LogP contribution is -2.35. The number of methoxy groups -OCH3 is 1. The second-order valence-corrected chi connectivity index (χ2v) is 12.8. The van der Waals surface area contributed by atoms with Crippen LogP contribution in [0.5, 0.6) is 5.75 Å². The smallest absolute Gasteiger partial charge is 0.343 e. The van der Waals surface area contributed by atoms with Crippen molar-refractivity contribution in [3.63, 3.8) is 0 Å². The summed E-state index contributed by atoms with van der Waals surface area (Å²) in [4.78, 5) is 45.9. The highest BCUT2D eigenvalue weighted by Crippen LogP contribution is 2.43. The van der Waals surface area contributed by atoms with Gasteiger partial charge in [-0.2, -0.15) is 0 Å². The van der Waals surface area contributed by atoms with E-state index in [1.54, 1.807) is 93.6 Å². The Hall–Kier alpha value is -5.42. The molecule has 0 fully saturated rings. The Morgan fingerprint density at radius 2 is 1.44 bits per heavy atom. The molecule has 1 heterocycles. The highest BCUT2D eigenvalue weighted by Gasteiger charge is 2.41. The van der Waals surface area contributed by atoms with Gasteiger partial charge in [-0.25, -0.2) is 18.0 Å². The summed E-state index contributed by atoms with van der Waals surface area (Å²) in [6.07, 6.45) is 0. The third-order valence-corrected chi connectivity index (χ3v) is 8.12. The Kier molecular flexibility index (Phi) is 8.47. The molecule has 4 aromatic carbocycles. The molecule has 0 radical (unpaired) electrons. The van der Waals surface area contributed by atoms with Crippen LogP contribution in [0.4, 0.5) is 11.4 Å². The summed E-state index contributed by atoms with van der Waals surface area (Å²) in [5.74, 6) is -1.91. The number of fused-ring (bicyclic) bond motifs is 1. The van der Waals surface area contributed by atoms with Gasteiger partial charge in [0, 0.05) is 17.2 Å². The molecule has 1 aliphatic heterocycles. The molecule has 0 unspecified atom stereocenters. The molecule has 45 heavy (non-hydrogen) atoms. The third-order valence-electron chi connectivity index (χ3n) is 6.74. The second kappa shape index (κ2) is 12.3. The number of nitrogens with one attached hydrogen (secondary N) is 1. The second-order valence-electron chi connectivity index (χ2n) is 11.1. The van der Waals surface area contributed by atoms with E-state index >= 15 is 0 Å². The maximum atomic E-state index is 14.1. The first-order chi connectivity index (χ1) is 21.4. The van der Waals surface area contributed by atoms with Gasteiger partial charge in [-0.3, -0.25) is 9.52 Å². The van der Waals surface area contributed by atoms with E-state index in [9.17, 15) is 22.8 Å². The minimum atomic E-state index is -4.08. The van der Waals surface area contributed by atoms with E-state index in [0.717, 1.165) is 5.06 Å². The first kappa shape index (κ1) is 31.0. The van der Waals surface area contributed by atoms with Crippen molar-refractivity contribution in [1.29, 1.82) is 0 Å². The van der Waals surface area contributed by atoms with Gasteiger partial charge in [-0.1, -0.05) is 54.6 Å². The van der Waals surface area contributed by atoms with E-state index < -0.39 is 33.3 Å². The fraction of sp³-hybridized carbons (Fsp3) is 0.147. The van der Waals surface area contributed by atoms with Crippen molar-refractivity contribution >= 4 is 50.6 Å². The van der Waals surface area contributed by atoms with E-state index in [2.05, 4.69) is 4.72 Å². The number of carbonyl (C=O) groups excluding carboxylic acids is 3. The van der Waals surface area contributed by atoms with Gasteiger partial charge < -0.3 is 14.3 Å². The van der Waals surface area contributed by atoms with Gasteiger partial charge in [-0.15, -0.1) is 5.06 Å². The van der Waals surface area contributed by atoms with Crippen LogP contribution in [0.1, 0.15) is 42.3 Å². The van der Waals surface area contributed by atoms with Crippen LogP contribution in [0.3, 0.4) is 0 Å². The van der Waals surface area contributed by atoms with Crippen LogP contribution < -0.4 is 14.5 Å². The molecule has 1 amide bonds. The molecule has 1 N–H and O–H groups in total. The van der Waals surface area contributed by atoms with Crippen molar-refractivity contribution in [1.82, 2.24) is 0 Å². The zero-order valence-electron chi connectivity index (χ0n) is 24.9. The fourth-order valence-electron chi connectivity index (χ4n) is 4.38. The summed E-state index contributed by atoms with van der Waals surface area (Å²) in [5.41, 5.74) is 0.0571. The zero-order valence-corrected chi connectivity index (χ0v) is 25.8. The lowest BCUT2D eigenvalue weighted by Gasteiger charge is -2.22. The van der Waals surface area contributed by atoms with Crippen molar-refractivity contribution in [3.8, 4) is 5.75 Å². The average Bonchev–Trinajstić information content (AvgIpc) is 3.29. The van der Waals surface area contributed by atoms with Crippen LogP contribution in [0.15, 0.2) is 108 Å². The van der Waals surface area contributed by atoms with E-state index in [4.69, 9.17) is 14.3 Å². The lowest BCUT2D eigenvalue weighted by molar-refractivity contribution is -0.157. The first-order valence-corrected chi connectivity index (χ1v) is 15.3. The molecular formula is C34H30N2O8S. The number of esters is 1. The summed E-state index contributed by atoms with van der Waals surface area (Å²) in [6, 6.07) is 27.1. The van der Waals surface area contributed by atoms with Gasteiger partial charge in [0.1, 0.15) is 5.75 Å². The summed E-state index contributed by atoms with van der Waals surface area (Å²) in [6.45, 7) is 4.88. The molecule has 0 saturated heterocycles. The van der Waals surface area contributed by atoms with Crippen LogP contribution >= 0.6 is 0 Å². The van der Waals surface area contributed by atoms with Crippen LogP contribution in [0.25, 0.3) is 11.3 Å². The highest BCUT2D eigenvalue weighted by atomic mass is 32.2. The molecule has 1 aliphatic rings. The maximum Gasteiger partial charge on any atom is 0.343 e. The van der Waals surface area contributed by atoms with Gasteiger partial charge in [-0.05, 0) is 63.2 Å². The summed E-state index contributed by atoms with van der Waals surface area (Å²) >= 11 is 0. The summed E-state index contributed by atoms with van der Waals surface area (Å²) in [5, 5.41) is 0.793. The molecule has 0 bridgehead atoms. The monoisotopic (exact) mass is 626 g/mol. The average molecular weight is 627 g/mol. The number of hydrogen-bond donors (Lipinski definition) is 1. The van der Waals surface area contributed by atoms with Gasteiger partial charge in [0.15, 0.2) is 5.76 Å². The van der Waals surface area contributed by atoms with Crippen molar-refractivity contribution in [2.75, 3.05) is 16.9 Å². The van der Waals surface area contributed by atoms with Crippen molar-refractivity contribution in [3.05, 3.63) is 120 Å². The maximum absolute atomic E-state index is 14.1. The van der Waals surface area contributed by atoms with E-state index in [1.165, 1.54) is 37.4 Å². The lowest BCUT2D eigenvalue weighted by atomic mass is 9.98. The Balaban J connectivity index is 1.64. The van der Waals surface area contributed by atoms with Crippen LogP contribution in [0.2, 0.25) is 0 Å². The number of nitrogens with zero attached hydrogens (tertiary/aromatic N) is 1. The van der Waals surface area contributed by atoms with Gasteiger partial charge >= 0.3 is 11.9 Å². The van der Waals surface area contributed by atoms with Crippen molar-refractivity contribution < 1.29 is 37.1 Å². The Bertz CT molecular complexity index is 1910. The van der Waals surface area contributed by atoms with E-state index in [-0.39, 0.29) is 38.7 Å². The minimum Gasteiger partial charge on any atom is -0.497 e. The number of sulfonamides is 1. The molecule has 4 aromatic rings. The number of hydroxylamine groups is 1. The van der Waals surface area contributed by atoms with Gasteiger partial charge in [0.25, 0.3) is 15.9 Å². The summed E-state index contributed by atoms with van der Waals surface area (Å²) < 4.78 is 40.0. The predicted molar refractivity (Wildman–Crippen MR) is 168 cm³/mol. The fourth-order valence-corrected chi connectivity index (χ4v) is 5.47. The highest BCUT2D eigenvalue weighted by molar-refractivity contribution is 7.92. The predicted octanol–water partition coefficient (Wildman–Crippen LogP) is 6.07. The number of benzene rings is 4. The van der Waals surface area contributed by atoms with E-state index in [0.29, 0.717) is 11.3 Å². The molecule has 0 atom stereocenters. The Labute approximate surface area is 260 Å². The summed E-state index contributed by atoms with van der Waals surface area (Å²) in [7, 11) is -2.66. The topological polar surface area (TPSA) is 128 Å². The van der Waals surface area contributed by atoms with Gasteiger partial charge in [0.05, 0.1) is 39.9 Å². The molecule has 0 spiro atoms. The molecular weight excluding hydrogens is 596 g/mol. The standard InChI is InChI=1S/C34H30N2O8S/c1-34(2,3)33(39)44-36-28-20-24(35-45(40,41)26-17-11-16-25(21-26)42-4)18-19-27(28)29(31(36)37)30(22-12-7-5-8-13-22)43-32(38)23-14-9-6-10-15-23/h5-21,35H,1-4H3/b30-29-. The molecule has 0 aliphatic carbocycles. The van der Waals surface area contributed by atoms with Crippen LogP contribution in [0, 0.1) is 5.41 Å². The molecule has 11 heteroatoms. The quantitative estimate of drug-likeness (QED) is 0.142. The number of hydrogen-bond acceptors (Lipinski definition) is 8. The number of carbonyl (C=O) groups is 3. The van der Waals surface area contributed by atoms with Gasteiger partial charge in [0.2, 0.25) is 0 Å². The van der Waals surface area contributed by atoms with Crippen LogP contribution in [-0.2, 0) is 29.2 Å². The Morgan fingerprint density at radius 1 is 0.800 bits per heavy atom. The zero-order chi connectivity index (χ0) is 32.4. The number of amides is 1. The molecule has 0 saturated carbocycles. The molecule has 230 valence electrons. The number of anilines is 2. The number of rotatable bonds is 8. The van der Waals surface area contributed by atoms with E-state index in [1.807, 2.05) is 0 Å². The SMILES string of the molecule is COc1cccc(S(=O)(=O)Nc2ccc3c(c2)N(OC(=O)C(C)(C)C)C(=O)/C3=C(\OC(=O)c2ccccc2)c2ccccc2)c1. The van der Waals surface area contributed by atoms with Crippen molar-refractivity contribution in [2.24, 2.45) is 5.41 Å². The molecule has 10 nitrogen and oxygen atoms in total. The van der Waals surface area contributed by atoms with Crippen molar-refractivity contribution in [2.45, 2.75) is 25.7 Å². The largest absolute Gasteiger partial charge is 0.497 e. The third kappa shape index (κ3) is 6.58. The first-order valence-electron chi connectivity index (χ1n) is 13.8.